The summed E-state index contributed by atoms with van der Waals surface area (Å²) in [5.74, 6) is -0.105. The van der Waals surface area contributed by atoms with E-state index in [1.807, 2.05) is 81.4 Å². The molecule has 128 valence electrons. The number of thioether (sulfide) groups is 1. The average Bonchev–Trinajstić information content (AvgIpc) is 2.91. The van der Waals surface area contributed by atoms with Crippen molar-refractivity contribution in [3.63, 3.8) is 0 Å². The van der Waals surface area contributed by atoms with Crippen LogP contribution in [0.15, 0.2) is 52.4 Å². The van der Waals surface area contributed by atoms with E-state index in [2.05, 4.69) is 10.3 Å². The Morgan fingerprint density at radius 3 is 2.28 bits per heavy atom. The normalized spacial score (nSPS) is 17.2. The number of rotatable bonds is 3. The highest BCUT2D eigenvalue weighted by Crippen LogP contribution is 2.30. The Kier molecular flexibility index (Phi) is 4.95. The molecule has 1 fully saturated rings. The molecule has 0 spiro atoms. The van der Waals surface area contributed by atoms with Crippen molar-refractivity contribution in [3.05, 3.63) is 64.1 Å². The van der Waals surface area contributed by atoms with Crippen molar-refractivity contribution < 1.29 is 4.79 Å². The number of amides is 1. The van der Waals surface area contributed by atoms with Crippen LogP contribution in [0.25, 0.3) is 6.08 Å². The molecule has 25 heavy (non-hydrogen) atoms. The van der Waals surface area contributed by atoms with Gasteiger partial charge in [-0.1, -0.05) is 30.3 Å². The third kappa shape index (κ3) is 3.94. The molecule has 3 rings (SSSR count). The van der Waals surface area contributed by atoms with Gasteiger partial charge < -0.3 is 10.2 Å². The lowest BCUT2D eigenvalue weighted by Crippen LogP contribution is -2.19. The topological polar surface area (TPSA) is 44.7 Å². The third-order valence-electron chi connectivity index (χ3n) is 4.01. The molecule has 0 aliphatic carbocycles. The molecular formula is C20H21N3OS. The lowest BCUT2D eigenvalue weighted by atomic mass is 10.1. The Hall–Kier alpha value is -2.53. The van der Waals surface area contributed by atoms with Gasteiger partial charge in [0.1, 0.15) is 0 Å². The number of amidine groups is 1. The van der Waals surface area contributed by atoms with Gasteiger partial charge in [-0.05, 0) is 60.5 Å². The van der Waals surface area contributed by atoms with E-state index in [-0.39, 0.29) is 5.91 Å². The highest BCUT2D eigenvalue weighted by atomic mass is 32.2. The van der Waals surface area contributed by atoms with Crippen LogP contribution in [0.4, 0.5) is 11.4 Å². The number of carbonyl (C=O) groups is 1. The van der Waals surface area contributed by atoms with E-state index in [0.29, 0.717) is 10.1 Å². The fourth-order valence-electron chi connectivity index (χ4n) is 2.58. The number of carbonyl (C=O) groups excluding carboxylic acids is 1. The summed E-state index contributed by atoms with van der Waals surface area (Å²) in [4.78, 5) is 19.6. The zero-order chi connectivity index (χ0) is 18.0. The van der Waals surface area contributed by atoms with Crippen molar-refractivity contribution >= 4 is 40.3 Å². The van der Waals surface area contributed by atoms with Gasteiger partial charge in [0.25, 0.3) is 5.91 Å². The molecule has 1 heterocycles. The average molecular weight is 351 g/mol. The van der Waals surface area contributed by atoms with Gasteiger partial charge in [-0.3, -0.25) is 4.79 Å². The third-order valence-corrected chi connectivity index (χ3v) is 4.92. The van der Waals surface area contributed by atoms with Crippen molar-refractivity contribution in [2.24, 2.45) is 4.99 Å². The van der Waals surface area contributed by atoms with Crippen LogP contribution < -0.4 is 10.2 Å². The minimum absolute atomic E-state index is 0.105. The summed E-state index contributed by atoms with van der Waals surface area (Å²) in [6, 6.07) is 14.2. The van der Waals surface area contributed by atoms with Crippen LogP contribution in [0, 0.1) is 13.8 Å². The SMILES string of the molecule is Cc1cccc(C)c1N=C1NC(=O)/C(=C/c2ccc(N(C)C)cc2)S1. The quantitative estimate of drug-likeness (QED) is 0.840. The summed E-state index contributed by atoms with van der Waals surface area (Å²) in [7, 11) is 4.01. The van der Waals surface area contributed by atoms with E-state index in [1.54, 1.807) is 0 Å². The molecule has 5 heteroatoms. The maximum Gasteiger partial charge on any atom is 0.264 e. The standard InChI is InChI=1S/C20H21N3OS/c1-13-6-5-7-14(2)18(13)21-20-22-19(24)17(25-20)12-15-8-10-16(11-9-15)23(3)4/h5-12H,1-4H3,(H,21,22,24)/b17-12-. The summed E-state index contributed by atoms with van der Waals surface area (Å²) in [5, 5.41) is 3.48. The molecule has 1 saturated heterocycles. The summed E-state index contributed by atoms with van der Waals surface area (Å²) >= 11 is 1.38. The van der Waals surface area contributed by atoms with E-state index < -0.39 is 0 Å². The first-order valence-electron chi connectivity index (χ1n) is 8.07. The van der Waals surface area contributed by atoms with Gasteiger partial charge in [0.2, 0.25) is 0 Å². The van der Waals surface area contributed by atoms with Gasteiger partial charge >= 0.3 is 0 Å². The molecule has 1 N–H and O–H groups in total. The molecule has 0 atom stereocenters. The van der Waals surface area contributed by atoms with E-state index in [1.165, 1.54) is 11.8 Å². The second kappa shape index (κ2) is 7.15. The lowest BCUT2D eigenvalue weighted by molar-refractivity contribution is -0.115. The first kappa shape index (κ1) is 17.3. The molecule has 1 aliphatic heterocycles. The van der Waals surface area contributed by atoms with Crippen LogP contribution in [0.3, 0.4) is 0 Å². The Labute approximate surface area is 152 Å². The molecule has 1 aliphatic rings. The van der Waals surface area contributed by atoms with Crippen LogP contribution in [-0.2, 0) is 4.79 Å². The molecular weight excluding hydrogens is 330 g/mol. The molecule has 0 bridgehead atoms. The van der Waals surface area contributed by atoms with Crippen LogP contribution in [0.2, 0.25) is 0 Å². The van der Waals surface area contributed by atoms with E-state index in [9.17, 15) is 4.79 Å². The molecule has 1 amide bonds. The van der Waals surface area contributed by atoms with Crippen molar-refractivity contribution in [2.45, 2.75) is 13.8 Å². The van der Waals surface area contributed by atoms with Crippen molar-refractivity contribution in [1.82, 2.24) is 5.32 Å². The zero-order valence-electron chi connectivity index (χ0n) is 14.8. The lowest BCUT2D eigenvalue weighted by Gasteiger charge is -2.11. The number of benzene rings is 2. The summed E-state index contributed by atoms with van der Waals surface area (Å²) in [6.07, 6.45) is 1.90. The fraction of sp³-hybridized carbons (Fsp3) is 0.200. The number of nitrogens with zero attached hydrogens (tertiary/aromatic N) is 2. The van der Waals surface area contributed by atoms with Gasteiger partial charge in [0.05, 0.1) is 10.6 Å². The predicted octanol–water partition coefficient (Wildman–Crippen LogP) is 4.26. The largest absolute Gasteiger partial charge is 0.378 e. The Morgan fingerprint density at radius 1 is 1.04 bits per heavy atom. The monoisotopic (exact) mass is 351 g/mol. The number of aliphatic imine (C=N–C) groups is 1. The van der Waals surface area contributed by atoms with Crippen LogP contribution in [0.5, 0.6) is 0 Å². The Balaban J connectivity index is 1.84. The minimum atomic E-state index is -0.105. The number of nitrogens with one attached hydrogen (secondary N) is 1. The molecule has 0 unspecified atom stereocenters. The van der Waals surface area contributed by atoms with Gasteiger partial charge in [-0.15, -0.1) is 0 Å². The first-order chi connectivity index (χ1) is 11.9. The molecule has 0 aromatic heterocycles. The number of hydrogen-bond acceptors (Lipinski definition) is 4. The maximum absolute atomic E-state index is 12.2. The minimum Gasteiger partial charge on any atom is -0.378 e. The molecule has 0 saturated carbocycles. The fourth-order valence-corrected chi connectivity index (χ4v) is 3.41. The van der Waals surface area contributed by atoms with Crippen molar-refractivity contribution in [2.75, 3.05) is 19.0 Å². The second-order valence-electron chi connectivity index (χ2n) is 6.21. The summed E-state index contributed by atoms with van der Waals surface area (Å²) in [5.41, 5.74) is 5.24. The van der Waals surface area contributed by atoms with Crippen molar-refractivity contribution in [3.8, 4) is 0 Å². The number of para-hydroxylation sites is 1. The van der Waals surface area contributed by atoms with Crippen LogP contribution >= 0.6 is 11.8 Å². The summed E-state index contributed by atoms with van der Waals surface area (Å²) in [6.45, 7) is 4.05. The van der Waals surface area contributed by atoms with Crippen LogP contribution in [-0.4, -0.2) is 25.2 Å². The highest BCUT2D eigenvalue weighted by Gasteiger charge is 2.24. The second-order valence-corrected chi connectivity index (χ2v) is 7.24. The number of anilines is 1. The molecule has 2 aromatic rings. The van der Waals surface area contributed by atoms with Gasteiger partial charge in [-0.25, -0.2) is 4.99 Å². The highest BCUT2D eigenvalue weighted by molar-refractivity contribution is 8.18. The maximum atomic E-state index is 12.2. The Morgan fingerprint density at radius 2 is 1.68 bits per heavy atom. The molecule has 0 radical (unpaired) electrons. The zero-order valence-corrected chi connectivity index (χ0v) is 15.6. The smallest absolute Gasteiger partial charge is 0.264 e. The van der Waals surface area contributed by atoms with Crippen LogP contribution in [0.1, 0.15) is 16.7 Å². The van der Waals surface area contributed by atoms with Gasteiger partial charge in [0.15, 0.2) is 5.17 Å². The summed E-state index contributed by atoms with van der Waals surface area (Å²) < 4.78 is 0. The predicted molar refractivity (Wildman–Crippen MR) is 107 cm³/mol. The first-order valence-corrected chi connectivity index (χ1v) is 8.89. The number of hydrogen-bond donors (Lipinski definition) is 1. The molecule has 4 nitrogen and oxygen atoms in total. The molecule has 2 aromatic carbocycles. The number of aryl methyl sites for hydroxylation is 2. The Bertz CT molecular complexity index is 847. The van der Waals surface area contributed by atoms with E-state index in [0.717, 1.165) is 28.1 Å². The van der Waals surface area contributed by atoms with Crippen molar-refractivity contribution in [1.29, 1.82) is 0 Å². The van der Waals surface area contributed by atoms with E-state index in [4.69, 9.17) is 0 Å². The van der Waals surface area contributed by atoms with E-state index >= 15 is 0 Å². The van der Waals surface area contributed by atoms with Gasteiger partial charge in [0, 0.05) is 19.8 Å². The van der Waals surface area contributed by atoms with Gasteiger partial charge in [-0.2, -0.15) is 0 Å².